The Morgan fingerprint density at radius 1 is 1.32 bits per heavy atom. The average molecular weight is 406 g/mol. The van der Waals surface area contributed by atoms with Crippen molar-refractivity contribution < 1.29 is 19.0 Å². The van der Waals surface area contributed by atoms with Crippen LogP contribution in [0.15, 0.2) is 24.5 Å². The number of pyridine rings is 2. The van der Waals surface area contributed by atoms with Gasteiger partial charge in [-0.05, 0) is 30.0 Å². The quantitative estimate of drug-likeness (QED) is 0.480. The van der Waals surface area contributed by atoms with Gasteiger partial charge in [-0.15, -0.1) is 12.4 Å². The largest absolute Gasteiger partial charge is 0.474 e. The summed E-state index contributed by atoms with van der Waals surface area (Å²) in [5.41, 5.74) is 8.28. The van der Waals surface area contributed by atoms with Crippen LogP contribution in [-0.4, -0.2) is 34.3 Å². The molecule has 28 heavy (non-hydrogen) atoms. The minimum atomic E-state index is -1.24. The van der Waals surface area contributed by atoms with Crippen molar-refractivity contribution in [3.8, 4) is 17.0 Å². The van der Waals surface area contributed by atoms with Gasteiger partial charge in [0.05, 0.1) is 5.69 Å². The number of nitrogen functional groups attached to an aromatic ring is 1. The number of nitrogens with one attached hydrogen (secondary N) is 2. The van der Waals surface area contributed by atoms with Crippen LogP contribution in [0.5, 0.6) is 5.88 Å². The summed E-state index contributed by atoms with van der Waals surface area (Å²) in [6.07, 6.45) is 1.65. The van der Waals surface area contributed by atoms with E-state index in [2.05, 4.69) is 20.6 Å². The van der Waals surface area contributed by atoms with Crippen LogP contribution in [0.2, 0.25) is 0 Å². The second-order valence-electron chi connectivity index (χ2n) is 6.12. The molecule has 8 nitrogen and oxygen atoms in total. The zero-order chi connectivity index (χ0) is 19.1. The van der Waals surface area contributed by atoms with E-state index in [1.165, 1.54) is 12.3 Å². The predicted molar refractivity (Wildman–Crippen MR) is 107 cm³/mol. The first-order valence-electron chi connectivity index (χ1n) is 8.20. The number of aromatic nitrogens is 2. The summed E-state index contributed by atoms with van der Waals surface area (Å²) in [4.78, 5) is 19.1. The Balaban J connectivity index is 0.00000225. The Morgan fingerprint density at radius 3 is 2.86 bits per heavy atom. The molecule has 0 bridgehead atoms. The average Bonchev–Trinajstić information content (AvgIpc) is 2.65. The molecular weight excluding hydrogens is 389 g/mol. The highest BCUT2D eigenvalue weighted by Crippen LogP contribution is 2.39. The number of ether oxygens (including phenoxy) is 1. The molecule has 0 aliphatic carbocycles. The number of hydrogen-bond donors (Lipinski definition) is 4. The lowest BCUT2D eigenvalue weighted by Gasteiger charge is -2.22. The number of halogens is 2. The molecule has 1 aliphatic heterocycles. The third-order valence-electron chi connectivity index (χ3n) is 4.47. The van der Waals surface area contributed by atoms with Crippen molar-refractivity contribution in [2.24, 2.45) is 0 Å². The van der Waals surface area contributed by atoms with Crippen molar-refractivity contribution in [3.63, 3.8) is 0 Å². The summed E-state index contributed by atoms with van der Waals surface area (Å²) in [5, 5.41) is 15.2. The van der Waals surface area contributed by atoms with E-state index in [1.54, 1.807) is 12.3 Å². The molecular formula is C18H17ClFN5O3. The van der Waals surface area contributed by atoms with Gasteiger partial charge in [0, 0.05) is 35.5 Å². The fourth-order valence-corrected chi connectivity index (χ4v) is 3.16. The molecule has 146 valence electrons. The van der Waals surface area contributed by atoms with Gasteiger partial charge in [0.2, 0.25) is 5.88 Å². The molecule has 4 rings (SSSR count). The van der Waals surface area contributed by atoms with Crippen LogP contribution < -0.4 is 21.1 Å². The number of rotatable bonds is 2. The molecule has 0 spiro atoms. The molecule has 2 aromatic heterocycles. The van der Waals surface area contributed by atoms with E-state index in [9.17, 15) is 9.18 Å². The smallest absolute Gasteiger partial charge is 0.410 e. The Morgan fingerprint density at radius 2 is 2.11 bits per heavy atom. The van der Waals surface area contributed by atoms with E-state index in [-0.39, 0.29) is 29.5 Å². The first kappa shape index (κ1) is 19.4. The monoisotopic (exact) mass is 405 g/mol. The van der Waals surface area contributed by atoms with Crippen molar-refractivity contribution in [2.45, 2.75) is 6.92 Å². The number of anilines is 3. The summed E-state index contributed by atoms with van der Waals surface area (Å²) in [7, 11) is 0. The summed E-state index contributed by atoms with van der Waals surface area (Å²) in [6, 6.07) is 3.11. The number of benzene rings is 1. The van der Waals surface area contributed by atoms with Gasteiger partial charge in [0.15, 0.2) is 5.82 Å². The SMILES string of the molecule is Cc1c(-c2cc3cc(NC(=O)O)ncc3c(N)c2F)cnc2c1NCCO2.Cl. The first-order chi connectivity index (χ1) is 13.0. The predicted octanol–water partition coefficient (Wildman–Crippen LogP) is 3.64. The van der Waals surface area contributed by atoms with Crippen LogP contribution in [0.25, 0.3) is 21.9 Å². The molecule has 0 saturated heterocycles. The van der Waals surface area contributed by atoms with Crippen LogP contribution in [0.3, 0.4) is 0 Å². The molecule has 0 radical (unpaired) electrons. The van der Waals surface area contributed by atoms with Gasteiger partial charge in [-0.25, -0.2) is 19.2 Å². The Hall–Kier alpha value is -3.33. The third-order valence-corrected chi connectivity index (χ3v) is 4.47. The van der Waals surface area contributed by atoms with Crippen LogP contribution in [0.4, 0.5) is 26.4 Å². The van der Waals surface area contributed by atoms with E-state index in [1.807, 2.05) is 6.92 Å². The van der Waals surface area contributed by atoms with Gasteiger partial charge in [-0.3, -0.25) is 5.32 Å². The lowest BCUT2D eigenvalue weighted by Crippen LogP contribution is -2.20. The van der Waals surface area contributed by atoms with E-state index >= 15 is 0 Å². The standard InChI is InChI=1S/C18H16FN5O3.ClH/c1-8-11(6-23-17-16(8)21-2-3-27-17)10-4-9-5-13(24-18(25)26)22-7-12(9)15(20)14(10)19;/h4-7,21H,2-3,20H2,1H3,(H,22,24)(H,25,26);1H. The normalized spacial score (nSPS) is 12.4. The highest BCUT2D eigenvalue weighted by atomic mass is 35.5. The fraction of sp³-hybridized carbons (Fsp3) is 0.167. The molecule has 1 aromatic carbocycles. The number of amides is 1. The molecule has 3 aromatic rings. The van der Waals surface area contributed by atoms with Gasteiger partial charge < -0.3 is 20.9 Å². The van der Waals surface area contributed by atoms with E-state index < -0.39 is 11.9 Å². The number of nitrogens with two attached hydrogens (primary N) is 1. The maximum atomic E-state index is 15.0. The molecule has 1 amide bonds. The number of fused-ring (bicyclic) bond motifs is 2. The molecule has 1 aliphatic rings. The lowest BCUT2D eigenvalue weighted by molar-refractivity contribution is 0.209. The van der Waals surface area contributed by atoms with Crippen LogP contribution in [0, 0.1) is 12.7 Å². The minimum absolute atomic E-state index is 0. The van der Waals surface area contributed by atoms with Crippen LogP contribution in [0.1, 0.15) is 5.56 Å². The number of carbonyl (C=O) groups is 1. The van der Waals surface area contributed by atoms with Crippen LogP contribution in [-0.2, 0) is 0 Å². The van der Waals surface area contributed by atoms with Crippen molar-refractivity contribution in [3.05, 3.63) is 35.9 Å². The highest BCUT2D eigenvalue weighted by molar-refractivity contribution is 5.99. The molecule has 10 heteroatoms. The maximum absolute atomic E-state index is 15.0. The number of hydrogen-bond acceptors (Lipinski definition) is 6. The van der Waals surface area contributed by atoms with E-state index in [4.69, 9.17) is 15.6 Å². The van der Waals surface area contributed by atoms with Gasteiger partial charge in [0.25, 0.3) is 0 Å². The molecule has 3 heterocycles. The summed E-state index contributed by atoms with van der Waals surface area (Å²) in [5.74, 6) is 0.0287. The second kappa shape index (κ2) is 7.35. The topological polar surface area (TPSA) is 122 Å². The Labute approximate surface area is 165 Å². The van der Waals surface area contributed by atoms with Crippen molar-refractivity contribution in [1.82, 2.24) is 9.97 Å². The van der Waals surface area contributed by atoms with E-state index in [0.29, 0.717) is 35.4 Å². The molecule has 5 N–H and O–H groups in total. The summed E-state index contributed by atoms with van der Waals surface area (Å²) < 4.78 is 20.5. The van der Waals surface area contributed by atoms with E-state index in [0.717, 1.165) is 11.3 Å². The zero-order valence-electron chi connectivity index (χ0n) is 14.7. The lowest BCUT2D eigenvalue weighted by atomic mass is 9.97. The van der Waals surface area contributed by atoms with Crippen molar-refractivity contribution >= 4 is 46.5 Å². The van der Waals surface area contributed by atoms with Gasteiger partial charge in [-0.1, -0.05) is 0 Å². The Kier molecular flexibility index (Phi) is 5.10. The van der Waals surface area contributed by atoms with Crippen molar-refractivity contribution in [1.29, 1.82) is 0 Å². The highest BCUT2D eigenvalue weighted by Gasteiger charge is 2.21. The van der Waals surface area contributed by atoms with Gasteiger partial charge in [0.1, 0.15) is 18.1 Å². The molecule has 0 atom stereocenters. The maximum Gasteiger partial charge on any atom is 0.410 e. The van der Waals surface area contributed by atoms with Crippen molar-refractivity contribution in [2.75, 3.05) is 29.5 Å². The van der Waals surface area contributed by atoms with Crippen LogP contribution >= 0.6 is 12.4 Å². The molecule has 0 unspecified atom stereocenters. The third kappa shape index (κ3) is 3.20. The molecule has 0 saturated carbocycles. The second-order valence-corrected chi connectivity index (χ2v) is 6.12. The number of carboxylic acid groups (broad SMARTS) is 1. The summed E-state index contributed by atoms with van der Waals surface area (Å²) >= 11 is 0. The van der Waals surface area contributed by atoms with Gasteiger partial charge in [-0.2, -0.15) is 0 Å². The fourth-order valence-electron chi connectivity index (χ4n) is 3.16. The Bertz CT molecular complexity index is 1090. The minimum Gasteiger partial charge on any atom is -0.474 e. The zero-order valence-corrected chi connectivity index (χ0v) is 15.6. The number of nitrogens with zero attached hydrogens (tertiary/aromatic N) is 2. The summed E-state index contributed by atoms with van der Waals surface area (Å²) in [6.45, 7) is 3.00. The molecule has 0 fully saturated rings. The van der Waals surface area contributed by atoms with Gasteiger partial charge >= 0.3 is 6.09 Å². The first-order valence-corrected chi connectivity index (χ1v) is 8.20.